The Morgan fingerprint density at radius 1 is 0.400 bits per heavy atom. The third-order valence-electron chi connectivity index (χ3n) is 9.85. The zero-order chi connectivity index (χ0) is 40.1. The van der Waals surface area contributed by atoms with Crippen molar-refractivity contribution >= 4 is 17.9 Å². The minimum atomic E-state index is -0.785. The molecule has 0 N–H and O–H groups in total. The molecule has 0 spiro atoms. The number of hydrogen-bond acceptors (Lipinski definition) is 6. The van der Waals surface area contributed by atoms with Crippen LogP contribution in [0.2, 0.25) is 0 Å². The van der Waals surface area contributed by atoms with E-state index >= 15 is 0 Å². The molecule has 0 fully saturated rings. The van der Waals surface area contributed by atoms with Crippen LogP contribution < -0.4 is 0 Å². The molecule has 6 heteroatoms. The summed E-state index contributed by atoms with van der Waals surface area (Å²) >= 11 is 0. The fourth-order valence-electron chi connectivity index (χ4n) is 6.35. The van der Waals surface area contributed by atoms with E-state index in [0.717, 1.165) is 77.0 Å². The van der Waals surface area contributed by atoms with Gasteiger partial charge in [0.25, 0.3) is 0 Å². The molecule has 0 saturated heterocycles. The maximum absolute atomic E-state index is 12.7. The van der Waals surface area contributed by atoms with Crippen LogP contribution in [0, 0.1) is 0 Å². The second kappa shape index (κ2) is 44.1. The van der Waals surface area contributed by atoms with Crippen LogP contribution in [-0.4, -0.2) is 37.2 Å². The summed E-state index contributed by atoms with van der Waals surface area (Å²) in [6.07, 6.45) is 51.0. The van der Waals surface area contributed by atoms with Crippen molar-refractivity contribution < 1.29 is 28.6 Å². The quantitative estimate of drug-likeness (QED) is 0.0202. The van der Waals surface area contributed by atoms with Gasteiger partial charge in [0.15, 0.2) is 6.10 Å². The summed E-state index contributed by atoms with van der Waals surface area (Å²) in [5.41, 5.74) is 0. The highest BCUT2D eigenvalue weighted by atomic mass is 16.6. The van der Waals surface area contributed by atoms with E-state index < -0.39 is 6.10 Å². The molecular weight excluding hydrogens is 685 g/mol. The molecule has 1 unspecified atom stereocenters. The molecule has 0 rings (SSSR count). The van der Waals surface area contributed by atoms with Gasteiger partial charge in [0.1, 0.15) is 13.2 Å². The topological polar surface area (TPSA) is 78.9 Å². The molecule has 1 atom stereocenters. The van der Waals surface area contributed by atoms with Crippen LogP contribution in [0.4, 0.5) is 0 Å². The zero-order valence-electron chi connectivity index (χ0n) is 36.2. The molecule has 0 aromatic rings. The lowest BCUT2D eigenvalue weighted by Gasteiger charge is -2.18. The summed E-state index contributed by atoms with van der Waals surface area (Å²) in [6.45, 7) is 6.44. The molecule has 0 amide bonds. The fraction of sp³-hybridized carbons (Fsp3) is 0.776. The smallest absolute Gasteiger partial charge is 0.306 e. The average molecular weight is 771 g/mol. The molecule has 0 aromatic carbocycles. The largest absolute Gasteiger partial charge is 0.462 e. The van der Waals surface area contributed by atoms with Gasteiger partial charge in [0.2, 0.25) is 0 Å². The van der Waals surface area contributed by atoms with E-state index in [1.807, 2.05) is 0 Å². The second-order valence-corrected chi connectivity index (χ2v) is 15.3. The van der Waals surface area contributed by atoms with Crippen molar-refractivity contribution in [3.05, 3.63) is 48.6 Å². The maximum Gasteiger partial charge on any atom is 0.306 e. The Morgan fingerprint density at radius 2 is 0.764 bits per heavy atom. The molecule has 318 valence electrons. The number of allylic oxidation sites excluding steroid dienone is 8. The Labute approximate surface area is 339 Å². The van der Waals surface area contributed by atoms with Gasteiger partial charge in [0, 0.05) is 19.3 Å². The molecular formula is C49H86O6. The van der Waals surface area contributed by atoms with Crippen molar-refractivity contribution in [1.29, 1.82) is 0 Å². The second-order valence-electron chi connectivity index (χ2n) is 15.3. The molecule has 0 aliphatic heterocycles. The highest BCUT2D eigenvalue weighted by Gasteiger charge is 2.19. The number of rotatable bonds is 41. The van der Waals surface area contributed by atoms with Crippen LogP contribution in [0.15, 0.2) is 48.6 Å². The zero-order valence-corrected chi connectivity index (χ0v) is 36.2. The molecule has 0 aliphatic carbocycles. The van der Waals surface area contributed by atoms with E-state index in [4.69, 9.17) is 14.2 Å². The average Bonchev–Trinajstić information content (AvgIpc) is 3.18. The molecule has 55 heavy (non-hydrogen) atoms. The Balaban J connectivity index is 4.38. The first-order valence-electron chi connectivity index (χ1n) is 23.2. The van der Waals surface area contributed by atoms with Crippen LogP contribution in [0.1, 0.15) is 226 Å². The molecule has 0 radical (unpaired) electrons. The summed E-state index contributed by atoms with van der Waals surface area (Å²) in [5.74, 6) is -0.936. The minimum Gasteiger partial charge on any atom is -0.462 e. The van der Waals surface area contributed by atoms with Crippen molar-refractivity contribution in [2.45, 2.75) is 232 Å². The highest BCUT2D eigenvalue weighted by molar-refractivity contribution is 5.71. The van der Waals surface area contributed by atoms with Gasteiger partial charge in [-0.3, -0.25) is 14.4 Å². The van der Waals surface area contributed by atoms with Crippen LogP contribution >= 0.6 is 0 Å². The fourth-order valence-corrected chi connectivity index (χ4v) is 6.35. The number of carbonyl (C=O) groups is 3. The van der Waals surface area contributed by atoms with Crippen molar-refractivity contribution in [3.63, 3.8) is 0 Å². The van der Waals surface area contributed by atoms with Crippen LogP contribution in [-0.2, 0) is 28.6 Å². The number of unbranched alkanes of at least 4 members (excludes halogenated alkanes) is 23. The predicted octanol–water partition coefficient (Wildman–Crippen LogP) is 14.8. The normalized spacial score (nSPS) is 12.4. The molecule has 0 bridgehead atoms. The van der Waals surface area contributed by atoms with E-state index in [9.17, 15) is 14.4 Å². The van der Waals surface area contributed by atoms with Gasteiger partial charge < -0.3 is 14.2 Å². The maximum atomic E-state index is 12.7. The van der Waals surface area contributed by atoms with Gasteiger partial charge in [-0.2, -0.15) is 0 Å². The lowest BCUT2D eigenvalue weighted by molar-refractivity contribution is -0.167. The molecule has 0 aromatic heterocycles. The minimum absolute atomic E-state index is 0.0881. The third kappa shape index (κ3) is 42.4. The van der Waals surface area contributed by atoms with E-state index in [1.54, 1.807) is 0 Å². The van der Waals surface area contributed by atoms with E-state index in [-0.39, 0.29) is 31.1 Å². The van der Waals surface area contributed by atoms with Crippen molar-refractivity contribution in [2.24, 2.45) is 0 Å². The first-order chi connectivity index (χ1) is 27.0. The summed E-state index contributed by atoms with van der Waals surface area (Å²) in [4.78, 5) is 37.7. The Kier molecular flexibility index (Phi) is 42.0. The summed E-state index contributed by atoms with van der Waals surface area (Å²) < 4.78 is 16.7. The highest BCUT2D eigenvalue weighted by Crippen LogP contribution is 2.14. The van der Waals surface area contributed by atoms with E-state index in [1.165, 1.54) is 109 Å². The number of ether oxygens (including phenoxy) is 3. The van der Waals surface area contributed by atoms with Crippen molar-refractivity contribution in [1.82, 2.24) is 0 Å². The van der Waals surface area contributed by atoms with Gasteiger partial charge in [-0.25, -0.2) is 0 Å². The third-order valence-corrected chi connectivity index (χ3v) is 9.85. The predicted molar refractivity (Wildman–Crippen MR) is 233 cm³/mol. The standard InChI is InChI=1S/C49H86O6/c1-4-7-10-13-16-19-21-23-24-26-27-30-33-36-39-42-48(51)54-45-46(44-53-47(50)41-38-35-32-29-18-15-12-9-6-3)55-49(52)43-40-37-34-31-28-25-22-20-17-14-11-8-5-2/h9,12,16,18-19,21,23,29,46H,4-8,10-11,13-15,17,20,22,24-28,30-45H2,1-3H3/b12-9-,19-16-,23-21-,29-18-. The summed E-state index contributed by atoms with van der Waals surface area (Å²) in [6, 6.07) is 0. The number of carbonyl (C=O) groups excluding carboxylic acids is 3. The monoisotopic (exact) mass is 771 g/mol. The molecule has 0 aliphatic rings. The van der Waals surface area contributed by atoms with Gasteiger partial charge in [-0.1, -0.05) is 185 Å². The van der Waals surface area contributed by atoms with Gasteiger partial charge in [0.05, 0.1) is 0 Å². The Bertz CT molecular complexity index is 980. The van der Waals surface area contributed by atoms with Crippen molar-refractivity contribution in [3.8, 4) is 0 Å². The van der Waals surface area contributed by atoms with Crippen molar-refractivity contribution in [2.75, 3.05) is 13.2 Å². The van der Waals surface area contributed by atoms with Gasteiger partial charge >= 0.3 is 17.9 Å². The van der Waals surface area contributed by atoms with E-state index in [2.05, 4.69) is 69.4 Å². The van der Waals surface area contributed by atoms with Crippen LogP contribution in [0.3, 0.4) is 0 Å². The van der Waals surface area contributed by atoms with Crippen LogP contribution in [0.5, 0.6) is 0 Å². The molecule has 0 saturated carbocycles. The Morgan fingerprint density at radius 3 is 1.27 bits per heavy atom. The molecule has 0 heterocycles. The SMILES string of the molecule is CC/C=C\C/C=C\CCCCC(=O)OCC(COC(=O)CCCCCCCC/C=C\C=C/CCCCC)OC(=O)CCCCCCCCCCCCCCC. The number of hydrogen-bond donors (Lipinski definition) is 0. The van der Waals surface area contributed by atoms with Crippen LogP contribution in [0.25, 0.3) is 0 Å². The first kappa shape index (κ1) is 52.4. The number of esters is 3. The Hall–Kier alpha value is -2.63. The first-order valence-corrected chi connectivity index (χ1v) is 23.2. The lowest BCUT2D eigenvalue weighted by Crippen LogP contribution is -2.30. The summed E-state index contributed by atoms with van der Waals surface area (Å²) in [7, 11) is 0. The summed E-state index contributed by atoms with van der Waals surface area (Å²) in [5, 5.41) is 0. The van der Waals surface area contributed by atoms with E-state index in [0.29, 0.717) is 19.3 Å². The van der Waals surface area contributed by atoms with Gasteiger partial charge in [-0.15, -0.1) is 0 Å². The van der Waals surface area contributed by atoms with Gasteiger partial charge in [-0.05, 0) is 70.6 Å². The lowest BCUT2D eigenvalue weighted by atomic mass is 10.0. The molecule has 6 nitrogen and oxygen atoms in total.